The maximum atomic E-state index is 13.5. The summed E-state index contributed by atoms with van der Waals surface area (Å²) in [6, 6.07) is 17.7. The first kappa shape index (κ1) is 24.4. The molecule has 2 aliphatic rings. The Morgan fingerprint density at radius 3 is 2.44 bits per heavy atom. The second-order valence-electron chi connectivity index (χ2n) is 10.5. The van der Waals surface area contributed by atoms with Gasteiger partial charge in [0.15, 0.2) is 0 Å². The number of carbonyl (C=O) groups is 2. The van der Waals surface area contributed by atoms with Gasteiger partial charge < -0.3 is 21.1 Å². The third-order valence-electron chi connectivity index (χ3n) is 7.50. The van der Waals surface area contributed by atoms with Crippen LogP contribution in [0.2, 0.25) is 0 Å². The average Bonchev–Trinajstić information content (AvgIpc) is 3.10. The van der Waals surface area contributed by atoms with E-state index in [0.29, 0.717) is 25.9 Å². The Morgan fingerprint density at radius 1 is 1.12 bits per heavy atom. The molecule has 4 rings (SSSR count). The Morgan fingerprint density at radius 2 is 1.76 bits per heavy atom. The van der Waals surface area contributed by atoms with Crippen molar-refractivity contribution in [1.29, 1.82) is 0 Å². The van der Waals surface area contributed by atoms with Gasteiger partial charge in [-0.1, -0.05) is 54.6 Å². The number of fused-ring (bicyclic) bond motifs is 2. The third kappa shape index (κ3) is 5.18. The van der Waals surface area contributed by atoms with Crippen LogP contribution in [0.15, 0.2) is 54.6 Å². The van der Waals surface area contributed by atoms with E-state index >= 15 is 0 Å². The summed E-state index contributed by atoms with van der Waals surface area (Å²) in [5.41, 5.74) is 8.36. The second kappa shape index (κ2) is 9.88. The summed E-state index contributed by atoms with van der Waals surface area (Å²) in [6.45, 7) is 4.55. The van der Waals surface area contributed by atoms with Crippen LogP contribution in [0.4, 0.5) is 0 Å². The average molecular weight is 464 g/mol. The molecule has 0 radical (unpaired) electrons. The number of rotatable bonds is 7. The molecule has 1 saturated heterocycles. The molecule has 2 aromatic carbocycles. The highest BCUT2D eigenvalue weighted by Gasteiger charge is 2.46. The van der Waals surface area contributed by atoms with Crippen molar-refractivity contribution in [2.75, 3.05) is 13.1 Å². The van der Waals surface area contributed by atoms with Crippen LogP contribution in [0.25, 0.3) is 0 Å². The van der Waals surface area contributed by atoms with Gasteiger partial charge in [-0.2, -0.15) is 0 Å². The van der Waals surface area contributed by atoms with Crippen LogP contribution < -0.4 is 11.1 Å². The maximum Gasteiger partial charge on any atom is 0.245 e. The highest BCUT2D eigenvalue weighted by Crippen LogP contribution is 2.50. The van der Waals surface area contributed by atoms with Crippen LogP contribution in [0.5, 0.6) is 0 Å². The van der Waals surface area contributed by atoms with E-state index in [4.69, 9.17) is 5.73 Å². The minimum atomic E-state index is -1.05. The number of hydrogen-bond donors (Lipinski definition) is 3. The Labute approximate surface area is 202 Å². The van der Waals surface area contributed by atoms with Gasteiger partial charge in [-0.3, -0.25) is 9.59 Å². The molecule has 6 nitrogen and oxygen atoms in total. The molecule has 0 saturated carbocycles. The predicted octanol–water partition coefficient (Wildman–Crippen LogP) is 3.23. The van der Waals surface area contributed by atoms with Crippen molar-refractivity contribution < 1.29 is 14.7 Å². The number of benzene rings is 2. The fourth-order valence-electron chi connectivity index (χ4n) is 5.47. The number of nitrogens with one attached hydrogen (secondary N) is 1. The lowest BCUT2D eigenvalue weighted by atomic mass is 9.73. The molecule has 182 valence electrons. The first-order valence-electron chi connectivity index (χ1n) is 12.4. The van der Waals surface area contributed by atoms with E-state index in [2.05, 4.69) is 23.5 Å². The summed E-state index contributed by atoms with van der Waals surface area (Å²) in [5.74, 6) is -0.348. The first-order chi connectivity index (χ1) is 16.2. The van der Waals surface area contributed by atoms with Gasteiger partial charge in [0.2, 0.25) is 11.8 Å². The van der Waals surface area contributed by atoms with Crippen LogP contribution in [0.1, 0.15) is 68.7 Å². The number of carbonyl (C=O) groups excluding carboxylic acids is 2. The number of nitrogens with two attached hydrogens (primary N) is 1. The molecule has 34 heavy (non-hydrogen) atoms. The summed E-state index contributed by atoms with van der Waals surface area (Å²) in [4.78, 5) is 28.1. The monoisotopic (exact) mass is 463 g/mol. The number of aryl methyl sites for hydroxylation is 1. The summed E-state index contributed by atoms with van der Waals surface area (Å²) >= 11 is 0. The van der Waals surface area contributed by atoms with Crippen LogP contribution >= 0.6 is 0 Å². The van der Waals surface area contributed by atoms with Crippen LogP contribution in [-0.2, 0) is 21.4 Å². The van der Waals surface area contributed by atoms with E-state index in [-0.39, 0.29) is 17.2 Å². The molecule has 0 aromatic heterocycles. The van der Waals surface area contributed by atoms with Gasteiger partial charge in [-0.25, -0.2) is 0 Å². The van der Waals surface area contributed by atoms with Crippen molar-refractivity contribution in [3.63, 3.8) is 0 Å². The number of hydrogen-bond acceptors (Lipinski definition) is 4. The van der Waals surface area contributed by atoms with Gasteiger partial charge in [0.05, 0.1) is 11.6 Å². The van der Waals surface area contributed by atoms with Gasteiger partial charge in [0.1, 0.15) is 6.04 Å². The summed E-state index contributed by atoms with van der Waals surface area (Å²) in [5, 5.41) is 13.5. The summed E-state index contributed by atoms with van der Waals surface area (Å²) < 4.78 is 0. The Bertz CT molecular complexity index is 1010. The zero-order valence-corrected chi connectivity index (χ0v) is 20.3. The van der Waals surface area contributed by atoms with E-state index in [9.17, 15) is 14.7 Å². The van der Waals surface area contributed by atoms with Crippen molar-refractivity contribution >= 4 is 11.8 Å². The molecular formula is C28H37N3O3. The van der Waals surface area contributed by atoms with Gasteiger partial charge in [-0.05, 0) is 69.1 Å². The minimum absolute atomic E-state index is 0.0349. The molecule has 1 spiro atoms. The molecule has 4 N–H and O–H groups in total. The molecule has 6 heteroatoms. The van der Waals surface area contributed by atoms with Crippen molar-refractivity contribution in [2.45, 2.75) is 75.5 Å². The van der Waals surface area contributed by atoms with E-state index in [1.807, 2.05) is 41.3 Å². The number of piperidine rings is 1. The van der Waals surface area contributed by atoms with Gasteiger partial charge in [0, 0.05) is 18.5 Å². The molecular weight excluding hydrogens is 426 g/mol. The van der Waals surface area contributed by atoms with Crippen LogP contribution in [0.3, 0.4) is 0 Å². The molecule has 2 aromatic rings. The molecule has 1 aliphatic heterocycles. The number of amides is 2. The van der Waals surface area contributed by atoms with Gasteiger partial charge >= 0.3 is 0 Å². The molecule has 1 fully saturated rings. The fourth-order valence-corrected chi connectivity index (χ4v) is 5.47. The van der Waals surface area contributed by atoms with Gasteiger partial charge in [-0.15, -0.1) is 0 Å². The Kier molecular flexibility index (Phi) is 7.10. The van der Waals surface area contributed by atoms with E-state index in [1.54, 1.807) is 13.8 Å². The van der Waals surface area contributed by atoms with Crippen LogP contribution in [-0.4, -0.2) is 46.5 Å². The Hall–Kier alpha value is -2.70. The smallest absolute Gasteiger partial charge is 0.245 e. The lowest BCUT2D eigenvalue weighted by Gasteiger charge is -2.41. The number of aliphatic hydroxyl groups is 1. The third-order valence-corrected chi connectivity index (χ3v) is 7.50. The standard InChI is InChI=1S/C28H37N3O3/c1-27(2,29)26(34)30-23(14-8-11-20-9-4-3-5-10-20)25(33)31-17-15-28(16-18-31)19-24(32)21-12-6-7-13-22(21)28/h3-7,9-10,12-13,23-24,32H,8,11,14-19,29H2,1-2H3,(H,30,34)/t23-,24+/m1/s1. The fraction of sp³-hybridized carbons (Fsp3) is 0.500. The lowest BCUT2D eigenvalue weighted by Crippen LogP contribution is -2.57. The number of nitrogens with zero attached hydrogens (tertiary/aromatic N) is 1. The molecule has 2 atom stereocenters. The lowest BCUT2D eigenvalue weighted by molar-refractivity contribution is -0.139. The van der Waals surface area contributed by atoms with Crippen molar-refractivity contribution in [2.24, 2.45) is 5.73 Å². The topological polar surface area (TPSA) is 95.7 Å². The van der Waals surface area contributed by atoms with Gasteiger partial charge in [0.25, 0.3) is 0 Å². The molecule has 1 aliphatic carbocycles. The van der Waals surface area contributed by atoms with E-state index in [1.165, 1.54) is 11.1 Å². The molecule has 2 amide bonds. The minimum Gasteiger partial charge on any atom is -0.388 e. The van der Waals surface area contributed by atoms with Crippen LogP contribution in [0, 0.1) is 0 Å². The molecule has 0 unspecified atom stereocenters. The van der Waals surface area contributed by atoms with E-state index in [0.717, 1.165) is 31.2 Å². The maximum absolute atomic E-state index is 13.5. The van der Waals surface area contributed by atoms with Crippen molar-refractivity contribution in [3.05, 3.63) is 71.3 Å². The normalized spacial score (nSPS) is 20.1. The molecule has 1 heterocycles. The highest BCUT2D eigenvalue weighted by atomic mass is 16.3. The summed E-state index contributed by atoms with van der Waals surface area (Å²) in [7, 11) is 0. The second-order valence-corrected chi connectivity index (χ2v) is 10.5. The number of likely N-dealkylation sites (tertiary alicyclic amines) is 1. The van der Waals surface area contributed by atoms with Crippen molar-refractivity contribution in [1.82, 2.24) is 10.2 Å². The SMILES string of the molecule is CC(C)(N)C(=O)N[C@H](CCCc1ccccc1)C(=O)N1CCC2(CC1)C[C@H](O)c1ccccc12. The largest absolute Gasteiger partial charge is 0.388 e. The van der Waals surface area contributed by atoms with E-state index < -0.39 is 17.7 Å². The van der Waals surface area contributed by atoms with Crippen molar-refractivity contribution in [3.8, 4) is 0 Å². The molecule has 0 bridgehead atoms. The zero-order chi connectivity index (χ0) is 24.3. The summed E-state index contributed by atoms with van der Waals surface area (Å²) in [6.07, 6.45) is 4.13. The number of aliphatic hydroxyl groups excluding tert-OH is 1. The Balaban J connectivity index is 1.42. The quantitative estimate of drug-likeness (QED) is 0.587. The zero-order valence-electron chi connectivity index (χ0n) is 20.3. The highest BCUT2D eigenvalue weighted by molar-refractivity contribution is 5.91. The predicted molar refractivity (Wildman–Crippen MR) is 133 cm³/mol. The first-order valence-corrected chi connectivity index (χ1v) is 12.4.